The number of nitro groups is 1. The molecule has 0 aromatic heterocycles. The maximum Gasteiger partial charge on any atom is 0.337 e. The highest BCUT2D eigenvalue weighted by molar-refractivity contribution is 14.1. The van der Waals surface area contributed by atoms with Gasteiger partial charge in [0.2, 0.25) is 5.43 Å². The molecule has 12 rings (SSSR count). The molecule has 0 atom stereocenters. The number of phenolic OH excluding ortho intramolecular Hbond substituents is 1. The molecular formula is C64H30Cl4I4N10O27S6-6. The summed E-state index contributed by atoms with van der Waals surface area (Å²) in [5.41, 5.74) is 4.46. The summed E-state index contributed by atoms with van der Waals surface area (Å²) in [5, 5.41) is 111. The molecule has 51 heteroatoms. The van der Waals surface area contributed by atoms with Crippen LogP contribution in [0.2, 0.25) is 20.1 Å². The Bertz CT molecular complexity index is 6660. The van der Waals surface area contributed by atoms with Crippen LogP contribution >= 0.6 is 161 Å². The van der Waals surface area contributed by atoms with E-state index < -0.39 is 99.5 Å². The molecule has 6 N–H and O–H groups in total. The lowest BCUT2D eigenvalue weighted by Crippen LogP contribution is -2.13. The van der Waals surface area contributed by atoms with Gasteiger partial charge in [-0.25, -0.2) is 49.0 Å². The molecule has 1 heterocycles. The SMILES string of the molecule is Nc1c(N=Nc2ccc([N+](=O)[O-])cc2)c(SOOO)cc2cc(S(=O)(=O)[O-])c(N=Nc3ccccc3)c([O-])c12.O=C(O)c1c(Cl)c(Cl)c(Cl)c(Cl)c1-c1c2cc(I)c(=O)c(I)c-2oc2c(I)c(O)c(I)cc12.O=S(=O)([O-])c1ccc2c(N=Nc3ccc(N=Nc4ccc(SOOO)cc4)cc3S(=O)(=O)[O-])c([O-])c(S(=O)(=O)[O-])cc2c1. The topological polar surface area (TPSA) is 608 Å². The van der Waals surface area contributed by atoms with Crippen molar-refractivity contribution in [2.24, 2.45) is 40.9 Å². The number of halogens is 8. The van der Waals surface area contributed by atoms with Gasteiger partial charge in [-0.3, -0.25) is 14.9 Å². The number of aromatic carboxylic acids is 1. The van der Waals surface area contributed by atoms with Crippen molar-refractivity contribution in [1.29, 1.82) is 0 Å². The maximum absolute atomic E-state index is 13.4. The van der Waals surface area contributed by atoms with Crippen molar-refractivity contribution in [1.82, 2.24) is 0 Å². The largest absolute Gasteiger partial charge is 0.870 e. The standard InChI is InChI=1S/C22H16N6O9S2.C22H16N4O13S4.C20H4Cl4I4O5/c23-19-18-12(11-17(39(33,34)35)21(22(18)29)27-24-13-4-2-1-3-5-13)10-16(38-37-36-32)20(19)26-25-14-6-8-15(9-7-14)28(30)31;27-22-20(43(35,36)37)10-12-9-16(41(29,30)31)6-7-17(12)21(22)26-25-18-8-3-14(11-19(18)42(32,33)34)24-23-13-1-4-15(5-2-13)40-39-38-28;21-10-8(9(20(31)32)11(22)13(24)12(10)23)7-3-1-5(25)16(29)14(27)18(3)33-19-4(7)2-6(26)17(30)15(19)28/h1-11,29,32H,23H2,(H,33,34,35);1-11,27-28H,(H,29,30,31)(H,32,33,34)(H,35,36,37);1-2,29H,(H,31,32)/p-6. The molecule has 596 valence electrons. The van der Waals surface area contributed by atoms with Crippen molar-refractivity contribution < 1.29 is 116 Å². The number of hydrogen-bond donors (Lipinski definition) is 5. The quantitative estimate of drug-likeness (QED) is 0.00381. The zero-order valence-corrected chi connectivity index (χ0v) is 71.7. The number of carboxylic acids is 1. The first kappa shape index (κ1) is 89.4. The first-order chi connectivity index (χ1) is 54.0. The van der Waals surface area contributed by atoms with Crippen LogP contribution < -0.4 is 21.4 Å². The number of aromatic hydroxyl groups is 1. The number of hydrogen-bond acceptors (Lipinski definition) is 37. The van der Waals surface area contributed by atoms with Crippen molar-refractivity contribution in [2.75, 3.05) is 5.73 Å². The highest BCUT2D eigenvalue weighted by Gasteiger charge is 2.33. The van der Waals surface area contributed by atoms with Gasteiger partial charge in [0, 0.05) is 54.8 Å². The van der Waals surface area contributed by atoms with E-state index in [2.05, 4.69) is 59.7 Å². The number of nitrogens with zero attached hydrogens (tertiary/aromatic N) is 9. The van der Waals surface area contributed by atoms with Crippen molar-refractivity contribution in [2.45, 2.75) is 29.4 Å². The predicted molar refractivity (Wildman–Crippen MR) is 438 cm³/mol. The van der Waals surface area contributed by atoms with Gasteiger partial charge in [0.15, 0.2) is 11.3 Å². The molecule has 0 radical (unpaired) electrons. The van der Waals surface area contributed by atoms with E-state index >= 15 is 0 Å². The molecule has 1 aliphatic carbocycles. The third-order valence-corrected chi connectivity index (χ3v) is 25.1. The third-order valence-electron chi connectivity index (χ3n) is 15.1. The molecule has 0 fully saturated rings. The number of rotatable bonds is 21. The first-order valence-corrected chi connectivity index (χ1v) is 42.8. The molecule has 10 aromatic rings. The number of fused-ring (bicyclic) bond motifs is 4. The van der Waals surface area contributed by atoms with Crippen LogP contribution in [0.15, 0.2) is 225 Å². The van der Waals surface area contributed by atoms with Gasteiger partial charge < -0.3 is 48.8 Å². The van der Waals surface area contributed by atoms with Crippen molar-refractivity contribution in [3.05, 3.63) is 206 Å². The van der Waals surface area contributed by atoms with Gasteiger partial charge in [0.25, 0.3) is 5.69 Å². The lowest BCUT2D eigenvalue weighted by Gasteiger charge is -2.21. The van der Waals surface area contributed by atoms with E-state index in [9.17, 15) is 92.0 Å². The number of nitrogen functional groups attached to an aromatic ring is 1. The second kappa shape index (κ2) is 36.9. The Morgan fingerprint density at radius 1 is 0.539 bits per heavy atom. The number of nitrogens with two attached hydrogens (primary N) is 1. The smallest absolute Gasteiger partial charge is 0.337 e. The third kappa shape index (κ3) is 20.3. The van der Waals surface area contributed by atoms with Gasteiger partial charge in [0.1, 0.15) is 61.2 Å². The van der Waals surface area contributed by atoms with Crippen LogP contribution in [0.5, 0.6) is 17.2 Å². The van der Waals surface area contributed by atoms with E-state index in [0.29, 0.717) is 74.0 Å². The fraction of sp³-hybridized carbons (Fsp3) is 0. The second-order valence-electron chi connectivity index (χ2n) is 22.1. The molecular weight excluding hydrogens is 2180 g/mol. The van der Waals surface area contributed by atoms with Crippen molar-refractivity contribution in [3.63, 3.8) is 0 Å². The summed E-state index contributed by atoms with van der Waals surface area (Å²) in [5.74, 6) is -3.66. The summed E-state index contributed by atoms with van der Waals surface area (Å²) in [6, 6.07) is 30.4. The Labute approximate surface area is 726 Å². The molecule has 0 saturated heterocycles. The number of anilines is 1. The molecule has 0 saturated carbocycles. The average molecular weight is 2210 g/mol. The molecule has 0 bridgehead atoms. The van der Waals surface area contributed by atoms with Gasteiger partial charge in [-0.1, -0.05) is 92.2 Å². The van der Waals surface area contributed by atoms with Crippen LogP contribution in [0.1, 0.15) is 10.4 Å². The van der Waals surface area contributed by atoms with Crippen LogP contribution in [0.25, 0.3) is 55.0 Å². The molecule has 37 nitrogen and oxygen atoms in total. The van der Waals surface area contributed by atoms with E-state index in [1.54, 1.807) is 30.3 Å². The van der Waals surface area contributed by atoms with E-state index in [-0.39, 0.29) is 118 Å². The Morgan fingerprint density at radius 2 is 1.09 bits per heavy atom. The zero-order valence-electron chi connectivity index (χ0n) is 55.1. The van der Waals surface area contributed by atoms with Gasteiger partial charge in [-0.2, -0.15) is 25.6 Å². The summed E-state index contributed by atoms with van der Waals surface area (Å²) in [6.07, 6.45) is 0. The predicted octanol–water partition coefficient (Wildman–Crippen LogP) is 18.5. The maximum atomic E-state index is 13.4. The van der Waals surface area contributed by atoms with Gasteiger partial charge in [-0.05, 0) is 210 Å². The Morgan fingerprint density at radius 3 is 1.68 bits per heavy atom. The Balaban J connectivity index is 0.000000184. The lowest BCUT2D eigenvalue weighted by atomic mass is 9.90. The zero-order chi connectivity index (χ0) is 84.2. The van der Waals surface area contributed by atoms with Crippen LogP contribution in [0.4, 0.5) is 56.9 Å². The number of azo groups is 4. The minimum absolute atomic E-state index is 0.00739. The Kier molecular flexibility index (Phi) is 28.7. The summed E-state index contributed by atoms with van der Waals surface area (Å²) < 4.78 is 158. The molecule has 1 aliphatic heterocycles. The summed E-state index contributed by atoms with van der Waals surface area (Å²) in [6.45, 7) is 0. The molecule has 115 heavy (non-hydrogen) atoms. The minimum atomic E-state index is -5.44. The lowest BCUT2D eigenvalue weighted by molar-refractivity contribution is -0.432. The first-order valence-electron chi connectivity index (χ1n) is 29.8. The van der Waals surface area contributed by atoms with Crippen LogP contribution in [0.3, 0.4) is 0 Å². The van der Waals surface area contributed by atoms with E-state index in [1.165, 1.54) is 72.8 Å². The van der Waals surface area contributed by atoms with Gasteiger partial charge in [0.05, 0.1) is 125 Å². The number of non-ortho nitro benzene ring substituents is 1. The van der Waals surface area contributed by atoms with Crippen LogP contribution in [0, 0.1) is 24.4 Å². The number of benzene rings is 11. The summed E-state index contributed by atoms with van der Waals surface area (Å²) in [4.78, 5) is 31.7. The summed E-state index contributed by atoms with van der Waals surface area (Å²) >= 11 is 34.1. The second-order valence-corrected chi connectivity index (χ2v) is 35.0. The molecule has 0 unspecified atom stereocenters. The Hall–Kier alpha value is -7.94. The molecule has 0 spiro atoms. The molecule has 2 aliphatic rings. The van der Waals surface area contributed by atoms with E-state index in [4.69, 9.17) is 67.1 Å². The number of carbonyl (C=O) groups is 1. The normalized spacial score (nSPS) is 12.2. The molecule has 0 amide bonds. The van der Waals surface area contributed by atoms with Crippen LogP contribution in [-0.2, 0) is 59.2 Å². The monoisotopic (exact) mass is 2210 g/mol. The highest BCUT2D eigenvalue weighted by atomic mass is 127. The minimum Gasteiger partial charge on any atom is -0.870 e. The average Bonchev–Trinajstić information content (AvgIpc) is 0.718. The van der Waals surface area contributed by atoms with E-state index in [0.717, 1.165) is 30.3 Å². The van der Waals surface area contributed by atoms with Gasteiger partial charge >= 0.3 is 5.97 Å². The van der Waals surface area contributed by atoms with Crippen molar-refractivity contribution in [3.8, 4) is 39.7 Å². The van der Waals surface area contributed by atoms with Gasteiger partial charge in [-0.15, -0.1) is 24.0 Å². The van der Waals surface area contributed by atoms with Crippen LogP contribution in [-0.4, -0.2) is 83.5 Å². The number of carboxylic acid groups (broad SMARTS) is 1. The number of phenols is 1. The fourth-order valence-corrected chi connectivity index (χ4v) is 18.0. The van der Waals surface area contributed by atoms with Crippen molar-refractivity contribution >= 4 is 297 Å². The highest BCUT2D eigenvalue weighted by Crippen LogP contribution is 2.54. The molecule has 10 aromatic carbocycles. The number of nitro benzene ring substituents is 1. The fourth-order valence-electron chi connectivity index (χ4n) is 10.1. The summed E-state index contributed by atoms with van der Waals surface area (Å²) in [7, 11) is -20.9. The van der Waals surface area contributed by atoms with E-state index in [1.807, 2.05) is 90.4 Å².